The molecule has 0 aliphatic heterocycles. The lowest BCUT2D eigenvalue weighted by atomic mass is 9.81. The maximum Gasteiger partial charge on any atom is 0.309 e. The summed E-state index contributed by atoms with van der Waals surface area (Å²) in [5.41, 5.74) is -1.37. The van der Waals surface area contributed by atoms with E-state index in [1.807, 2.05) is 0 Å². The number of hydrogen-bond acceptors (Lipinski definition) is 2. The molecular weight excluding hydrogens is 336 g/mol. The van der Waals surface area contributed by atoms with Crippen LogP contribution in [0, 0.1) is 5.41 Å². The average molecular weight is 385 g/mol. The molecule has 162 valence electrons. The fourth-order valence-electron chi connectivity index (χ4n) is 4.28. The number of carboxylic acid groups (broad SMARTS) is 1. The zero-order valence-electron chi connectivity index (χ0n) is 19.5. The second-order valence-electron chi connectivity index (χ2n) is 10.0. The summed E-state index contributed by atoms with van der Waals surface area (Å²) >= 11 is 0. The van der Waals surface area contributed by atoms with Gasteiger partial charge < -0.3 is 9.84 Å². The van der Waals surface area contributed by atoms with Crippen molar-refractivity contribution in [3.63, 3.8) is 0 Å². The smallest absolute Gasteiger partial charge is 0.309 e. The minimum atomic E-state index is -0.771. The maximum atomic E-state index is 11.6. The molecule has 0 aliphatic rings. The van der Waals surface area contributed by atoms with Gasteiger partial charge in [0.25, 0.3) is 0 Å². The summed E-state index contributed by atoms with van der Waals surface area (Å²) in [7, 11) is 0. The molecule has 0 aromatic heterocycles. The third-order valence-electron chi connectivity index (χ3n) is 5.59. The van der Waals surface area contributed by atoms with Crippen LogP contribution >= 0.6 is 0 Å². The van der Waals surface area contributed by atoms with Gasteiger partial charge >= 0.3 is 5.97 Å². The summed E-state index contributed by atoms with van der Waals surface area (Å²) in [5.74, 6) is -0.750. The SMILES string of the molecule is CCCCCCCC(C)(CCCCCCC)OC(C)(C)CC(C)(C)C(=O)O. The number of ether oxygens (including phenoxy) is 1. The average Bonchev–Trinajstić information content (AvgIpc) is 2.52. The third kappa shape index (κ3) is 12.5. The molecule has 0 aromatic rings. The third-order valence-corrected chi connectivity index (χ3v) is 5.59. The van der Waals surface area contributed by atoms with Crippen molar-refractivity contribution in [2.45, 2.75) is 143 Å². The first-order valence-electron chi connectivity index (χ1n) is 11.4. The molecule has 0 rings (SSSR count). The Bertz CT molecular complexity index is 384. The lowest BCUT2D eigenvalue weighted by molar-refractivity contribution is -0.169. The topological polar surface area (TPSA) is 46.5 Å². The zero-order chi connectivity index (χ0) is 21.0. The Hall–Kier alpha value is -0.570. The molecule has 0 bridgehead atoms. The van der Waals surface area contributed by atoms with Gasteiger partial charge in [-0.25, -0.2) is 0 Å². The van der Waals surface area contributed by atoms with Gasteiger partial charge in [-0.15, -0.1) is 0 Å². The molecule has 0 saturated heterocycles. The largest absolute Gasteiger partial charge is 0.481 e. The summed E-state index contributed by atoms with van der Waals surface area (Å²) in [6.45, 7) is 14.5. The number of rotatable bonds is 17. The Kier molecular flexibility index (Phi) is 12.5. The van der Waals surface area contributed by atoms with E-state index in [0.717, 1.165) is 12.8 Å². The van der Waals surface area contributed by atoms with E-state index in [2.05, 4.69) is 34.6 Å². The van der Waals surface area contributed by atoms with Gasteiger partial charge in [0, 0.05) is 0 Å². The number of aliphatic carboxylic acids is 1. The van der Waals surface area contributed by atoms with Crippen molar-refractivity contribution in [3.05, 3.63) is 0 Å². The van der Waals surface area contributed by atoms with Crippen molar-refractivity contribution in [1.29, 1.82) is 0 Å². The fraction of sp³-hybridized carbons (Fsp3) is 0.958. The van der Waals surface area contributed by atoms with Crippen molar-refractivity contribution < 1.29 is 14.6 Å². The van der Waals surface area contributed by atoms with Gasteiger partial charge in [-0.05, 0) is 53.9 Å². The number of carboxylic acids is 1. The van der Waals surface area contributed by atoms with E-state index in [0.29, 0.717) is 6.42 Å². The van der Waals surface area contributed by atoms with Crippen molar-refractivity contribution in [2.24, 2.45) is 5.41 Å². The first-order chi connectivity index (χ1) is 12.5. The quantitative estimate of drug-likeness (QED) is 0.261. The predicted molar refractivity (Wildman–Crippen MR) is 116 cm³/mol. The van der Waals surface area contributed by atoms with E-state index in [4.69, 9.17) is 4.74 Å². The number of carbonyl (C=O) groups is 1. The van der Waals surface area contributed by atoms with Gasteiger partial charge in [0.1, 0.15) is 0 Å². The van der Waals surface area contributed by atoms with Crippen LogP contribution in [0.1, 0.15) is 132 Å². The minimum Gasteiger partial charge on any atom is -0.481 e. The van der Waals surface area contributed by atoms with Crippen molar-refractivity contribution in [3.8, 4) is 0 Å². The monoisotopic (exact) mass is 384 g/mol. The Morgan fingerprint density at radius 3 is 1.52 bits per heavy atom. The number of unbranched alkanes of at least 4 members (excludes halogenated alkanes) is 8. The Morgan fingerprint density at radius 2 is 1.15 bits per heavy atom. The normalized spacial score (nSPS) is 13.1. The molecule has 3 heteroatoms. The highest BCUT2D eigenvalue weighted by Gasteiger charge is 2.39. The van der Waals surface area contributed by atoms with E-state index in [-0.39, 0.29) is 5.60 Å². The summed E-state index contributed by atoms with van der Waals surface area (Å²) in [5, 5.41) is 9.50. The molecule has 3 nitrogen and oxygen atoms in total. The molecule has 0 spiro atoms. The summed E-state index contributed by atoms with van der Waals surface area (Å²) < 4.78 is 6.66. The van der Waals surface area contributed by atoms with Crippen LogP contribution in [0.2, 0.25) is 0 Å². The van der Waals surface area contributed by atoms with Crippen LogP contribution in [-0.4, -0.2) is 22.3 Å². The van der Waals surface area contributed by atoms with Gasteiger partial charge in [-0.2, -0.15) is 0 Å². The highest BCUT2D eigenvalue weighted by molar-refractivity contribution is 5.73. The van der Waals surface area contributed by atoms with Crippen molar-refractivity contribution in [2.75, 3.05) is 0 Å². The van der Waals surface area contributed by atoms with Crippen LogP contribution in [0.3, 0.4) is 0 Å². The van der Waals surface area contributed by atoms with E-state index in [1.165, 1.54) is 64.2 Å². The Balaban J connectivity index is 4.84. The Labute approximate surface area is 169 Å². The van der Waals surface area contributed by atoms with E-state index in [1.54, 1.807) is 13.8 Å². The minimum absolute atomic E-state index is 0.156. The van der Waals surface area contributed by atoms with Gasteiger partial charge in [0.2, 0.25) is 0 Å². The molecule has 0 fully saturated rings. The number of hydrogen-bond donors (Lipinski definition) is 1. The fourth-order valence-corrected chi connectivity index (χ4v) is 4.28. The van der Waals surface area contributed by atoms with Gasteiger partial charge in [0.05, 0.1) is 16.6 Å². The van der Waals surface area contributed by atoms with E-state index >= 15 is 0 Å². The predicted octanol–water partition coefficient (Wildman–Crippen LogP) is 7.76. The second-order valence-corrected chi connectivity index (χ2v) is 10.0. The summed E-state index contributed by atoms with van der Waals surface area (Å²) in [6.07, 6.45) is 15.4. The molecule has 0 atom stereocenters. The molecular formula is C24H48O3. The van der Waals surface area contributed by atoms with Gasteiger partial charge in [-0.3, -0.25) is 4.79 Å². The molecule has 0 saturated carbocycles. The highest BCUT2D eigenvalue weighted by atomic mass is 16.5. The Morgan fingerprint density at radius 1 is 0.741 bits per heavy atom. The first-order valence-corrected chi connectivity index (χ1v) is 11.4. The first kappa shape index (κ1) is 26.4. The second kappa shape index (κ2) is 12.8. The molecule has 0 aliphatic carbocycles. The lowest BCUT2D eigenvalue weighted by Gasteiger charge is -2.41. The van der Waals surface area contributed by atoms with Crippen LogP contribution in [0.15, 0.2) is 0 Å². The maximum absolute atomic E-state index is 11.6. The molecule has 0 aromatic carbocycles. The van der Waals surface area contributed by atoms with Crippen LogP contribution < -0.4 is 0 Å². The van der Waals surface area contributed by atoms with Crippen molar-refractivity contribution >= 4 is 5.97 Å². The molecule has 1 N–H and O–H groups in total. The molecule has 0 amide bonds. The molecule has 0 heterocycles. The van der Waals surface area contributed by atoms with Crippen LogP contribution in [0.5, 0.6) is 0 Å². The lowest BCUT2D eigenvalue weighted by Crippen LogP contribution is -2.43. The summed E-state index contributed by atoms with van der Waals surface area (Å²) in [6, 6.07) is 0. The van der Waals surface area contributed by atoms with Crippen LogP contribution in [0.4, 0.5) is 0 Å². The highest BCUT2D eigenvalue weighted by Crippen LogP contribution is 2.37. The molecule has 0 unspecified atom stereocenters. The van der Waals surface area contributed by atoms with Gasteiger partial charge in [-0.1, -0.05) is 78.1 Å². The van der Waals surface area contributed by atoms with Gasteiger partial charge in [0.15, 0.2) is 0 Å². The standard InChI is InChI=1S/C24H48O3/c1-8-10-12-14-16-18-24(7,19-17-15-13-11-9-2)27-23(5,6)20-22(3,4)21(25)26/h8-20H2,1-7H3,(H,25,26). The van der Waals surface area contributed by atoms with E-state index < -0.39 is 17.0 Å². The molecule has 0 radical (unpaired) electrons. The zero-order valence-corrected chi connectivity index (χ0v) is 19.5. The summed E-state index contributed by atoms with van der Waals surface area (Å²) in [4.78, 5) is 11.6. The van der Waals surface area contributed by atoms with Crippen molar-refractivity contribution in [1.82, 2.24) is 0 Å². The molecule has 27 heavy (non-hydrogen) atoms. The van der Waals surface area contributed by atoms with Crippen LogP contribution in [0.25, 0.3) is 0 Å². The van der Waals surface area contributed by atoms with E-state index in [9.17, 15) is 9.90 Å². The van der Waals surface area contributed by atoms with Crippen LogP contribution in [-0.2, 0) is 9.53 Å².